The topological polar surface area (TPSA) is 102 Å². The summed E-state index contributed by atoms with van der Waals surface area (Å²) in [6, 6.07) is 12.8. The molecule has 1 atom stereocenters. The van der Waals surface area contributed by atoms with Gasteiger partial charge in [0.1, 0.15) is 5.75 Å². The van der Waals surface area contributed by atoms with Crippen LogP contribution in [0.5, 0.6) is 5.75 Å². The van der Waals surface area contributed by atoms with E-state index in [-0.39, 0.29) is 5.69 Å². The lowest BCUT2D eigenvalue weighted by atomic mass is 10.2. The van der Waals surface area contributed by atoms with Crippen molar-refractivity contribution in [3.63, 3.8) is 0 Å². The number of anilines is 2. The van der Waals surface area contributed by atoms with Crippen LogP contribution < -0.4 is 10.1 Å². The number of benzene rings is 2. The number of carboxylic acids is 1. The lowest BCUT2D eigenvalue weighted by Gasteiger charge is -2.11. The van der Waals surface area contributed by atoms with Crippen LogP contribution in [0.25, 0.3) is 0 Å². The zero-order valence-electron chi connectivity index (χ0n) is 11.7. The quantitative estimate of drug-likeness (QED) is 0.627. The van der Waals surface area contributed by atoms with E-state index in [1.807, 2.05) is 0 Å². The van der Waals surface area contributed by atoms with Crippen LogP contribution in [-0.4, -0.2) is 22.1 Å². The van der Waals surface area contributed by atoms with Gasteiger partial charge in [-0.1, -0.05) is 0 Å². The van der Waals surface area contributed by atoms with Crippen LogP contribution in [0.3, 0.4) is 0 Å². The van der Waals surface area contributed by atoms with Gasteiger partial charge >= 0.3 is 5.97 Å². The maximum Gasteiger partial charge on any atom is 0.344 e. The molecule has 0 aliphatic carbocycles. The van der Waals surface area contributed by atoms with Crippen LogP contribution in [-0.2, 0) is 4.79 Å². The van der Waals surface area contributed by atoms with E-state index in [4.69, 9.17) is 9.84 Å². The van der Waals surface area contributed by atoms with Gasteiger partial charge in [0, 0.05) is 23.5 Å². The largest absolute Gasteiger partial charge is 0.479 e. The predicted octanol–water partition coefficient (Wildman–Crippen LogP) is 3.19. The number of nitro benzene ring substituents is 1. The fourth-order valence-electron chi connectivity index (χ4n) is 1.70. The van der Waals surface area contributed by atoms with Crippen molar-refractivity contribution >= 4 is 23.0 Å². The maximum absolute atomic E-state index is 10.7. The fourth-order valence-corrected chi connectivity index (χ4v) is 1.70. The molecule has 0 saturated heterocycles. The molecule has 0 aliphatic rings. The predicted molar refractivity (Wildman–Crippen MR) is 80.5 cm³/mol. The lowest BCUT2D eigenvalue weighted by molar-refractivity contribution is -0.384. The zero-order chi connectivity index (χ0) is 16.1. The Morgan fingerprint density at radius 1 is 1.14 bits per heavy atom. The first-order valence-corrected chi connectivity index (χ1v) is 6.47. The molecule has 2 rings (SSSR count). The van der Waals surface area contributed by atoms with Gasteiger partial charge in [0.25, 0.3) is 5.69 Å². The minimum absolute atomic E-state index is 0.0250. The van der Waals surface area contributed by atoms with Crippen molar-refractivity contribution in [2.45, 2.75) is 13.0 Å². The Hall–Kier alpha value is -3.09. The molecule has 114 valence electrons. The van der Waals surface area contributed by atoms with Gasteiger partial charge in [0.15, 0.2) is 6.10 Å². The standard InChI is InChI=1S/C15H14N2O5/c1-10(15(18)19)22-14-8-4-12(5-9-14)16-11-2-6-13(7-3-11)17(20)21/h2-10,16H,1H3,(H,18,19). The van der Waals surface area contributed by atoms with Crippen LogP contribution >= 0.6 is 0 Å². The summed E-state index contributed by atoms with van der Waals surface area (Å²) in [6.45, 7) is 1.45. The van der Waals surface area contributed by atoms with Gasteiger partial charge in [-0.3, -0.25) is 10.1 Å². The zero-order valence-corrected chi connectivity index (χ0v) is 11.7. The number of hydrogen-bond acceptors (Lipinski definition) is 5. The average molecular weight is 302 g/mol. The summed E-state index contributed by atoms with van der Waals surface area (Å²) in [5.74, 6) is -0.586. The summed E-state index contributed by atoms with van der Waals surface area (Å²) >= 11 is 0. The van der Waals surface area contributed by atoms with Gasteiger partial charge in [-0.25, -0.2) is 4.79 Å². The molecule has 22 heavy (non-hydrogen) atoms. The van der Waals surface area contributed by atoms with E-state index >= 15 is 0 Å². The summed E-state index contributed by atoms with van der Waals surface area (Å²) < 4.78 is 5.22. The van der Waals surface area contributed by atoms with Crippen molar-refractivity contribution in [2.24, 2.45) is 0 Å². The molecule has 0 saturated carbocycles. The number of nitrogens with one attached hydrogen (secondary N) is 1. The van der Waals surface area contributed by atoms with Crippen LogP contribution in [0.2, 0.25) is 0 Å². The SMILES string of the molecule is CC(Oc1ccc(Nc2ccc([N+](=O)[O-])cc2)cc1)C(=O)O. The molecule has 0 heterocycles. The van der Waals surface area contributed by atoms with E-state index in [0.717, 1.165) is 5.69 Å². The molecule has 0 bridgehead atoms. The summed E-state index contributed by atoms with van der Waals surface area (Å²) in [6.07, 6.45) is -0.923. The van der Waals surface area contributed by atoms with Crippen molar-refractivity contribution in [1.82, 2.24) is 0 Å². The Bertz CT molecular complexity index is 667. The van der Waals surface area contributed by atoms with Crippen molar-refractivity contribution in [2.75, 3.05) is 5.32 Å². The number of non-ortho nitro benzene ring substituents is 1. The molecule has 0 amide bonds. The Kier molecular flexibility index (Phi) is 4.57. The van der Waals surface area contributed by atoms with Gasteiger partial charge in [-0.2, -0.15) is 0 Å². The molecule has 0 aliphatic heterocycles. The number of carboxylic acid groups (broad SMARTS) is 1. The maximum atomic E-state index is 10.7. The number of rotatable bonds is 6. The van der Waals surface area contributed by atoms with Gasteiger partial charge < -0.3 is 15.2 Å². The highest BCUT2D eigenvalue weighted by Gasteiger charge is 2.12. The van der Waals surface area contributed by atoms with Crippen molar-refractivity contribution in [1.29, 1.82) is 0 Å². The lowest BCUT2D eigenvalue weighted by Crippen LogP contribution is -2.22. The fraction of sp³-hybridized carbons (Fsp3) is 0.133. The Morgan fingerprint density at radius 3 is 2.09 bits per heavy atom. The molecular formula is C15H14N2O5. The minimum atomic E-state index is -1.03. The molecule has 1 unspecified atom stereocenters. The summed E-state index contributed by atoms with van der Waals surface area (Å²) in [7, 11) is 0. The second-order valence-corrected chi connectivity index (χ2v) is 4.55. The third kappa shape index (κ3) is 3.95. The van der Waals surface area contributed by atoms with Crippen LogP contribution in [0.15, 0.2) is 48.5 Å². The highest BCUT2D eigenvalue weighted by atomic mass is 16.6. The van der Waals surface area contributed by atoms with Gasteiger partial charge in [-0.05, 0) is 43.3 Å². The van der Waals surface area contributed by atoms with Gasteiger partial charge in [-0.15, -0.1) is 0 Å². The van der Waals surface area contributed by atoms with E-state index in [0.29, 0.717) is 11.4 Å². The van der Waals surface area contributed by atoms with E-state index in [1.165, 1.54) is 19.1 Å². The molecule has 7 nitrogen and oxygen atoms in total. The third-order valence-electron chi connectivity index (χ3n) is 2.88. The smallest absolute Gasteiger partial charge is 0.344 e. The number of nitrogens with zero attached hydrogens (tertiary/aromatic N) is 1. The van der Waals surface area contributed by atoms with Crippen molar-refractivity contribution < 1.29 is 19.6 Å². The second-order valence-electron chi connectivity index (χ2n) is 4.55. The Labute approximate surface area is 126 Å². The first-order valence-electron chi connectivity index (χ1n) is 6.47. The van der Waals surface area contributed by atoms with E-state index in [2.05, 4.69) is 5.32 Å². The number of carbonyl (C=O) groups is 1. The first kappa shape index (κ1) is 15.3. The van der Waals surface area contributed by atoms with Crippen molar-refractivity contribution in [3.05, 3.63) is 58.6 Å². The van der Waals surface area contributed by atoms with Crippen molar-refractivity contribution in [3.8, 4) is 5.75 Å². The number of ether oxygens (including phenoxy) is 1. The molecule has 2 N–H and O–H groups in total. The Balaban J connectivity index is 2.01. The molecular weight excluding hydrogens is 288 g/mol. The van der Waals surface area contributed by atoms with Gasteiger partial charge in [0.05, 0.1) is 4.92 Å². The van der Waals surface area contributed by atoms with E-state index < -0.39 is 17.0 Å². The van der Waals surface area contributed by atoms with E-state index in [1.54, 1.807) is 36.4 Å². The molecule has 0 radical (unpaired) electrons. The number of hydrogen-bond donors (Lipinski definition) is 2. The highest BCUT2D eigenvalue weighted by molar-refractivity contribution is 5.72. The molecule has 2 aromatic carbocycles. The third-order valence-corrected chi connectivity index (χ3v) is 2.88. The number of nitro groups is 1. The summed E-state index contributed by atoms with van der Waals surface area (Å²) in [5.41, 5.74) is 1.49. The van der Waals surface area contributed by atoms with Gasteiger partial charge in [0.2, 0.25) is 0 Å². The molecule has 0 fully saturated rings. The second kappa shape index (κ2) is 6.57. The Morgan fingerprint density at radius 2 is 1.64 bits per heavy atom. The normalized spacial score (nSPS) is 11.5. The van der Waals surface area contributed by atoms with Crippen LogP contribution in [0.1, 0.15) is 6.92 Å². The summed E-state index contributed by atoms with van der Waals surface area (Å²) in [5, 5.41) is 22.4. The highest BCUT2D eigenvalue weighted by Crippen LogP contribution is 2.22. The monoisotopic (exact) mass is 302 g/mol. The molecule has 2 aromatic rings. The first-order chi connectivity index (χ1) is 10.5. The molecule has 0 spiro atoms. The van der Waals surface area contributed by atoms with Crippen LogP contribution in [0, 0.1) is 10.1 Å². The number of aliphatic carboxylic acids is 1. The van der Waals surface area contributed by atoms with E-state index in [9.17, 15) is 14.9 Å². The van der Waals surface area contributed by atoms with Crippen LogP contribution in [0.4, 0.5) is 17.1 Å². The average Bonchev–Trinajstić information content (AvgIpc) is 2.49. The summed E-state index contributed by atoms with van der Waals surface area (Å²) in [4.78, 5) is 20.8. The minimum Gasteiger partial charge on any atom is -0.479 e. The molecule has 0 aromatic heterocycles. The molecule has 7 heteroatoms.